The zero-order valence-electron chi connectivity index (χ0n) is 14.2. The quantitative estimate of drug-likeness (QED) is 0.722. The Hall–Kier alpha value is -2.31. The van der Waals surface area contributed by atoms with E-state index in [0.29, 0.717) is 5.76 Å². The third kappa shape index (κ3) is 5.08. The summed E-state index contributed by atoms with van der Waals surface area (Å²) in [5.41, 5.74) is 1.08. The number of aliphatic hydroxyl groups is 1. The largest absolute Gasteiger partial charge is 0.467 e. The van der Waals surface area contributed by atoms with E-state index in [9.17, 15) is 9.90 Å². The zero-order valence-corrected chi connectivity index (χ0v) is 14.2. The second-order valence-electron chi connectivity index (χ2n) is 6.36. The molecule has 0 radical (unpaired) electrons. The van der Waals surface area contributed by atoms with Gasteiger partial charge in [-0.2, -0.15) is 0 Å². The Bertz CT molecular complexity index is 639. The smallest absolute Gasteiger partial charge is 0.315 e. The molecule has 3 rings (SSSR count). The fourth-order valence-corrected chi connectivity index (χ4v) is 3.12. The number of carbonyl (C=O) groups excluding carboxylic acids is 1. The predicted octanol–water partition coefficient (Wildman–Crippen LogP) is 2.45. The van der Waals surface area contributed by atoms with Gasteiger partial charge in [0.1, 0.15) is 11.9 Å². The highest BCUT2D eigenvalue weighted by Crippen LogP contribution is 2.18. The molecule has 0 spiro atoms. The van der Waals surface area contributed by atoms with Gasteiger partial charge in [0, 0.05) is 6.54 Å². The van der Waals surface area contributed by atoms with Crippen molar-refractivity contribution in [2.24, 2.45) is 0 Å². The fraction of sp³-hybridized carbons (Fsp3) is 0.421. The fourth-order valence-electron chi connectivity index (χ4n) is 3.12. The summed E-state index contributed by atoms with van der Waals surface area (Å²) in [6, 6.07) is 13.0. The first kappa shape index (κ1) is 17.5. The maximum atomic E-state index is 12.3. The second kappa shape index (κ2) is 8.69. The van der Waals surface area contributed by atoms with E-state index in [1.54, 1.807) is 12.1 Å². The van der Waals surface area contributed by atoms with Gasteiger partial charge in [0.15, 0.2) is 0 Å². The van der Waals surface area contributed by atoms with Crippen molar-refractivity contribution in [3.05, 3.63) is 60.1 Å². The number of hydrogen-bond acceptors (Lipinski definition) is 4. The van der Waals surface area contributed by atoms with Crippen LogP contribution < -0.4 is 10.6 Å². The Kier molecular flexibility index (Phi) is 6.09. The first-order valence-electron chi connectivity index (χ1n) is 8.75. The number of likely N-dealkylation sites (tertiary alicyclic amines) is 1. The standard InChI is InChI=1S/C19H25N3O3/c23-17(18-9-6-12-25-18)13-20-19(24)21-16(14-22-10-4-5-11-22)15-7-2-1-3-8-15/h1-3,6-9,12,16-17,23H,4-5,10-11,13-14H2,(H2,20,21,24). The molecule has 2 heterocycles. The molecule has 1 aliphatic rings. The average molecular weight is 343 g/mol. The Morgan fingerprint density at radius 1 is 1.16 bits per heavy atom. The Morgan fingerprint density at radius 3 is 2.60 bits per heavy atom. The number of benzene rings is 1. The van der Waals surface area contributed by atoms with Crippen molar-refractivity contribution in [3.63, 3.8) is 0 Å². The summed E-state index contributed by atoms with van der Waals surface area (Å²) in [4.78, 5) is 14.7. The first-order chi connectivity index (χ1) is 12.2. The van der Waals surface area contributed by atoms with Gasteiger partial charge >= 0.3 is 6.03 Å². The van der Waals surface area contributed by atoms with Gasteiger partial charge in [0.2, 0.25) is 0 Å². The molecule has 0 saturated carbocycles. The van der Waals surface area contributed by atoms with E-state index in [2.05, 4.69) is 15.5 Å². The normalized spacial score (nSPS) is 17.2. The molecular formula is C19H25N3O3. The number of rotatable bonds is 7. The van der Waals surface area contributed by atoms with Crippen LogP contribution in [0.2, 0.25) is 0 Å². The van der Waals surface area contributed by atoms with Crippen LogP contribution in [0.25, 0.3) is 0 Å². The third-order valence-electron chi connectivity index (χ3n) is 4.47. The van der Waals surface area contributed by atoms with Crippen molar-refractivity contribution in [3.8, 4) is 0 Å². The van der Waals surface area contributed by atoms with E-state index in [0.717, 1.165) is 25.2 Å². The molecular weight excluding hydrogens is 318 g/mol. The van der Waals surface area contributed by atoms with Crippen LogP contribution in [0.4, 0.5) is 4.79 Å². The summed E-state index contributed by atoms with van der Waals surface area (Å²) >= 11 is 0. The van der Waals surface area contributed by atoms with Crippen molar-refractivity contribution in [2.75, 3.05) is 26.2 Å². The van der Waals surface area contributed by atoms with E-state index in [4.69, 9.17) is 4.42 Å². The summed E-state index contributed by atoms with van der Waals surface area (Å²) in [5.74, 6) is 0.442. The molecule has 6 heteroatoms. The van der Waals surface area contributed by atoms with Gasteiger partial charge in [0.25, 0.3) is 0 Å². The summed E-state index contributed by atoms with van der Waals surface area (Å²) < 4.78 is 5.14. The van der Waals surface area contributed by atoms with E-state index in [-0.39, 0.29) is 18.6 Å². The van der Waals surface area contributed by atoms with Gasteiger partial charge in [-0.25, -0.2) is 4.79 Å². The Morgan fingerprint density at radius 2 is 1.92 bits per heavy atom. The number of hydrogen-bond donors (Lipinski definition) is 3. The SMILES string of the molecule is O=C(NCC(O)c1ccco1)NC(CN1CCCC1)c1ccccc1. The van der Waals surface area contributed by atoms with E-state index in [1.165, 1.54) is 19.1 Å². The molecule has 1 aliphatic heterocycles. The molecule has 1 saturated heterocycles. The molecule has 134 valence electrons. The number of amides is 2. The molecule has 1 aromatic carbocycles. The number of furan rings is 1. The minimum atomic E-state index is -0.852. The maximum Gasteiger partial charge on any atom is 0.315 e. The summed E-state index contributed by atoms with van der Waals surface area (Å²) in [5, 5.41) is 15.7. The topological polar surface area (TPSA) is 77.7 Å². The lowest BCUT2D eigenvalue weighted by Crippen LogP contribution is -2.43. The highest BCUT2D eigenvalue weighted by Gasteiger charge is 2.21. The minimum Gasteiger partial charge on any atom is -0.467 e. The van der Waals surface area contributed by atoms with Gasteiger partial charge in [0.05, 0.1) is 18.8 Å². The molecule has 3 N–H and O–H groups in total. The maximum absolute atomic E-state index is 12.3. The first-order valence-corrected chi connectivity index (χ1v) is 8.75. The van der Waals surface area contributed by atoms with Gasteiger partial charge in [-0.1, -0.05) is 30.3 Å². The number of urea groups is 1. The second-order valence-corrected chi connectivity index (χ2v) is 6.36. The molecule has 2 unspecified atom stereocenters. The zero-order chi connectivity index (χ0) is 17.5. The molecule has 2 amide bonds. The van der Waals surface area contributed by atoms with Crippen LogP contribution in [0.15, 0.2) is 53.1 Å². The van der Waals surface area contributed by atoms with Crippen LogP contribution in [-0.2, 0) is 0 Å². The van der Waals surface area contributed by atoms with Crippen molar-refractivity contribution >= 4 is 6.03 Å². The third-order valence-corrected chi connectivity index (χ3v) is 4.47. The summed E-state index contributed by atoms with van der Waals surface area (Å²) in [7, 11) is 0. The number of carbonyl (C=O) groups is 1. The van der Waals surface area contributed by atoms with Crippen LogP contribution in [0.5, 0.6) is 0 Å². The van der Waals surface area contributed by atoms with Crippen molar-refractivity contribution in [1.82, 2.24) is 15.5 Å². The summed E-state index contributed by atoms with van der Waals surface area (Å²) in [6.07, 6.45) is 3.07. The van der Waals surface area contributed by atoms with Crippen molar-refractivity contribution in [1.29, 1.82) is 0 Å². The monoisotopic (exact) mass is 343 g/mol. The van der Waals surface area contributed by atoms with Gasteiger partial charge < -0.3 is 25.1 Å². The molecule has 0 bridgehead atoms. The van der Waals surface area contributed by atoms with Crippen molar-refractivity contribution < 1.29 is 14.3 Å². The molecule has 1 aromatic heterocycles. The van der Waals surface area contributed by atoms with Crippen LogP contribution in [0.3, 0.4) is 0 Å². The number of aliphatic hydroxyl groups excluding tert-OH is 1. The molecule has 0 aliphatic carbocycles. The van der Waals surface area contributed by atoms with E-state index < -0.39 is 6.10 Å². The van der Waals surface area contributed by atoms with Gasteiger partial charge in [-0.3, -0.25) is 0 Å². The number of nitrogens with one attached hydrogen (secondary N) is 2. The van der Waals surface area contributed by atoms with Crippen LogP contribution in [0.1, 0.15) is 36.3 Å². The van der Waals surface area contributed by atoms with Crippen molar-refractivity contribution in [2.45, 2.75) is 25.0 Å². The molecule has 6 nitrogen and oxygen atoms in total. The molecule has 2 atom stereocenters. The van der Waals surface area contributed by atoms with Crippen LogP contribution in [-0.4, -0.2) is 42.2 Å². The number of nitrogens with zero attached hydrogens (tertiary/aromatic N) is 1. The van der Waals surface area contributed by atoms with Crippen LogP contribution >= 0.6 is 0 Å². The molecule has 25 heavy (non-hydrogen) atoms. The Labute approximate surface area is 147 Å². The van der Waals surface area contributed by atoms with Crippen LogP contribution in [0, 0.1) is 0 Å². The molecule has 2 aromatic rings. The lowest BCUT2D eigenvalue weighted by atomic mass is 10.1. The van der Waals surface area contributed by atoms with Gasteiger partial charge in [-0.15, -0.1) is 0 Å². The lowest BCUT2D eigenvalue weighted by Gasteiger charge is -2.25. The van der Waals surface area contributed by atoms with E-state index >= 15 is 0 Å². The average Bonchev–Trinajstić information content (AvgIpc) is 3.34. The summed E-state index contributed by atoms with van der Waals surface area (Å²) in [6.45, 7) is 3.04. The van der Waals surface area contributed by atoms with Gasteiger partial charge in [-0.05, 0) is 43.6 Å². The van der Waals surface area contributed by atoms with E-state index in [1.807, 2.05) is 30.3 Å². The molecule has 1 fully saturated rings. The minimum absolute atomic E-state index is 0.0833. The highest BCUT2D eigenvalue weighted by atomic mass is 16.4. The Balaban J connectivity index is 1.56. The predicted molar refractivity (Wildman–Crippen MR) is 95.1 cm³/mol. The lowest BCUT2D eigenvalue weighted by molar-refractivity contribution is 0.147. The highest BCUT2D eigenvalue weighted by molar-refractivity contribution is 5.74.